The average Bonchev–Trinajstić information content (AvgIpc) is 3.21. The van der Waals surface area contributed by atoms with E-state index in [-0.39, 0.29) is 17.4 Å². The maximum Gasteiger partial charge on any atom is 0.573 e. The van der Waals surface area contributed by atoms with Crippen LogP contribution in [-0.2, 0) is 4.79 Å². The van der Waals surface area contributed by atoms with Gasteiger partial charge in [-0.25, -0.2) is 0 Å². The van der Waals surface area contributed by atoms with E-state index in [1.807, 2.05) is 12.1 Å². The third-order valence-electron chi connectivity index (χ3n) is 4.01. The van der Waals surface area contributed by atoms with Crippen molar-refractivity contribution in [2.24, 2.45) is 0 Å². The van der Waals surface area contributed by atoms with E-state index in [9.17, 15) is 18.0 Å². The van der Waals surface area contributed by atoms with Gasteiger partial charge in [0.2, 0.25) is 11.1 Å². The summed E-state index contributed by atoms with van der Waals surface area (Å²) in [6, 6.07) is 14.1. The molecule has 0 radical (unpaired) electrons. The predicted octanol–water partition coefficient (Wildman–Crippen LogP) is 3.84. The Morgan fingerprint density at radius 1 is 1.10 bits per heavy atom. The molecule has 1 N–H and O–H groups in total. The number of pyridine rings is 1. The van der Waals surface area contributed by atoms with Crippen LogP contribution >= 0.6 is 11.8 Å². The van der Waals surface area contributed by atoms with Crippen molar-refractivity contribution in [2.45, 2.75) is 11.5 Å². The predicted molar refractivity (Wildman–Crippen MR) is 107 cm³/mol. The second-order valence-corrected chi connectivity index (χ2v) is 7.07. The molecule has 2 heterocycles. The Morgan fingerprint density at radius 2 is 1.90 bits per heavy atom. The largest absolute Gasteiger partial charge is 0.573 e. The number of carbonyl (C=O) groups is 1. The number of carbonyl (C=O) groups excluding carboxylic acids is 1. The van der Waals surface area contributed by atoms with Gasteiger partial charge in [-0.2, -0.15) is 4.68 Å². The van der Waals surface area contributed by atoms with Gasteiger partial charge in [0.1, 0.15) is 5.75 Å². The molecule has 0 saturated carbocycles. The number of nitrogens with zero attached hydrogens (tertiary/aromatic N) is 5. The molecule has 31 heavy (non-hydrogen) atoms. The van der Waals surface area contributed by atoms with Gasteiger partial charge >= 0.3 is 6.36 Å². The quantitative estimate of drug-likeness (QED) is 0.450. The van der Waals surface area contributed by atoms with E-state index >= 15 is 0 Å². The monoisotopic (exact) mass is 446 g/mol. The molecule has 4 aromatic rings. The van der Waals surface area contributed by atoms with Crippen molar-refractivity contribution in [3.05, 3.63) is 60.8 Å². The second-order valence-electron chi connectivity index (χ2n) is 6.13. The molecular formula is C19H13F3N6O2S. The van der Waals surface area contributed by atoms with Crippen LogP contribution in [0.5, 0.6) is 5.75 Å². The van der Waals surface area contributed by atoms with Gasteiger partial charge < -0.3 is 10.1 Å². The first-order valence-electron chi connectivity index (χ1n) is 8.80. The molecule has 158 valence electrons. The van der Waals surface area contributed by atoms with E-state index in [1.54, 1.807) is 24.4 Å². The fraction of sp³-hybridized carbons (Fsp3) is 0.105. The number of fused-ring (bicyclic) bond motifs is 1. The van der Waals surface area contributed by atoms with Gasteiger partial charge in [0, 0.05) is 11.6 Å². The summed E-state index contributed by atoms with van der Waals surface area (Å²) in [5.74, 6) is -0.612. The Balaban J connectivity index is 1.42. The highest BCUT2D eigenvalue weighted by Crippen LogP contribution is 2.25. The standard InChI is InChI=1S/C19H13F3N6O2S/c20-19(21,22)30-13-8-6-12(7-9-13)28-18(25-26-27-28)31-11-17(29)24-16-5-1-4-15-14(16)3-2-10-23-15/h1-10H,11H2,(H,24,29). The molecule has 0 aliphatic carbocycles. The Hall–Kier alpha value is -3.67. The van der Waals surface area contributed by atoms with E-state index in [0.717, 1.165) is 34.8 Å². The summed E-state index contributed by atoms with van der Waals surface area (Å²) in [6.07, 6.45) is -3.10. The normalized spacial score (nSPS) is 11.5. The molecule has 0 saturated heterocycles. The van der Waals surface area contributed by atoms with E-state index < -0.39 is 6.36 Å². The van der Waals surface area contributed by atoms with Gasteiger partial charge in [-0.3, -0.25) is 9.78 Å². The number of hydrogen-bond acceptors (Lipinski definition) is 7. The lowest BCUT2D eigenvalue weighted by Gasteiger charge is -2.10. The van der Waals surface area contributed by atoms with E-state index in [2.05, 4.69) is 30.6 Å². The number of alkyl halides is 3. The number of rotatable bonds is 6. The van der Waals surface area contributed by atoms with Crippen LogP contribution in [0.2, 0.25) is 0 Å². The molecule has 0 aliphatic rings. The van der Waals surface area contributed by atoms with Crippen molar-refractivity contribution in [1.29, 1.82) is 0 Å². The fourth-order valence-electron chi connectivity index (χ4n) is 2.75. The van der Waals surface area contributed by atoms with Gasteiger partial charge in [0.25, 0.3) is 0 Å². The number of aromatic nitrogens is 5. The number of ether oxygens (including phenoxy) is 1. The van der Waals surface area contributed by atoms with Crippen molar-refractivity contribution in [2.75, 3.05) is 11.1 Å². The Kier molecular flexibility index (Phi) is 5.71. The van der Waals surface area contributed by atoms with Gasteiger partial charge in [-0.1, -0.05) is 17.8 Å². The third kappa shape index (κ3) is 5.09. The lowest BCUT2D eigenvalue weighted by Crippen LogP contribution is -2.17. The van der Waals surface area contributed by atoms with Gasteiger partial charge in [0.15, 0.2) is 0 Å². The van der Waals surface area contributed by atoms with Crippen LogP contribution in [0.1, 0.15) is 0 Å². The SMILES string of the molecule is O=C(CSc1nnnn1-c1ccc(OC(F)(F)F)cc1)Nc1cccc2ncccc12. The van der Waals surface area contributed by atoms with Crippen molar-refractivity contribution in [3.63, 3.8) is 0 Å². The highest BCUT2D eigenvalue weighted by molar-refractivity contribution is 7.99. The number of halogens is 3. The first-order chi connectivity index (χ1) is 14.9. The molecule has 0 aliphatic heterocycles. The lowest BCUT2D eigenvalue weighted by atomic mass is 10.2. The van der Waals surface area contributed by atoms with E-state index in [0.29, 0.717) is 16.5 Å². The molecule has 8 nitrogen and oxygen atoms in total. The zero-order chi connectivity index (χ0) is 21.8. The minimum absolute atomic E-state index is 0.0201. The average molecular weight is 446 g/mol. The smallest absolute Gasteiger partial charge is 0.406 e. The third-order valence-corrected chi connectivity index (χ3v) is 4.93. The summed E-state index contributed by atoms with van der Waals surface area (Å²) < 4.78 is 42.0. The number of thioether (sulfide) groups is 1. The van der Waals surface area contributed by atoms with Gasteiger partial charge in [0.05, 0.1) is 22.6 Å². The van der Waals surface area contributed by atoms with Crippen LogP contribution in [0.4, 0.5) is 18.9 Å². The second kappa shape index (κ2) is 8.60. The number of amides is 1. The number of benzene rings is 2. The molecular weight excluding hydrogens is 433 g/mol. The van der Waals surface area contributed by atoms with Crippen LogP contribution in [0.25, 0.3) is 16.6 Å². The van der Waals surface area contributed by atoms with E-state index in [4.69, 9.17) is 0 Å². The van der Waals surface area contributed by atoms with Crippen LogP contribution < -0.4 is 10.1 Å². The number of anilines is 1. The maximum atomic E-state index is 12.4. The molecule has 0 spiro atoms. The van der Waals surface area contributed by atoms with Gasteiger partial charge in [-0.15, -0.1) is 18.3 Å². The zero-order valence-electron chi connectivity index (χ0n) is 15.6. The highest BCUT2D eigenvalue weighted by Gasteiger charge is 2.31. The van der Waals surface area contributed by atoms with Crippen LogP contribution in [-0.4, -0.2) is 43.2 Å². The topological polar surface area (TPSA) is 94.8 Å². The molecule has 2 aromatic carbocycles. The molecule has 4 rings (SSSR count). The first kappa shape index (κ1) is 20.6. The van der Waals surface area contributed by atoms with Crippen LogP contribution in [0.3, 0.4) is 0 Å². The molecule has 12 heteroatoms. The van der Waals surface area contributed by atoms with Crippen LogP contribution in [0.15, 0.2) is 66.0 Å². The number of hydrogen-bond donors (Lipinski definition) is 1. The summed E-state index contributed by atoms with van der Waals surface area (Å²) in [5.41, 5.74) is 1.81. The summed E-state index contributed by atoms with van der Waals surface area (Å²) in [6.45, 7) is 0. The molecule has 2 aromatic heterocycles. The summed E-state index contributed by atoms with van der Waals surface area (Å²) in [5, 5.41) is 15.2. The van der Waals surface area contributed by atoms with Crippen molar-refractivity contribution in [3.8, 4) is 11.4 Å². The highest BCUT2D eigenvalue weighted by atomic mass is 32.2. The summed E-state index contributed by atoms with van der Waals surface area (Å²) in [4.78, 5) is 16.7. The molecule has 1 amide bonds. The molecule has 0 unspecified atom stereocenters. The van der Waals surface area contributed by atoms with Crippen molar-refractivity contribution in [1.82, 2.24) is 25.2 Å². The number of nitrogens with one attached hydrogen (secondary N) is 1. The Bertz CT molecular complexity index is 1210. The fourth-order valence-corrected chi connectivity index (χ4v) is 3.44. The number of tetrazole rings is 1. The summed E-state index contributed by atoms with van der Waals surface area (Å²) in [7, 11) is 0. The Morgan fingerprint density at radius 3 is 2.68 bits per heavy atom. The van der Waals surface area contributed by atoms with E-state index in [1.165, 1.54) is 16.8 Å². The first-order valence-corrected chi connectivity index (χ1v) is 9.78. The summed E-state index contributed by atoms with van der Waals surface area (Å²) >= 11 is 1.08. The lowest BCUT2D eigenvalue weighted by molar-refractivity contribution is -0.274. The van der Waals surface area contributed by atoms with Crippen molar-refractivity contribution < 1.29 is 22.7 Å². The Labute approximate surface area is 177 Å². The minimum atomic E-state index is -4.77. The van der Waals surface area contributed by atoms with Crippen molar-refractivity contribution >= 4 is 34.3 Å². The van der Waals surface area contributed by atoms with Gasteiger partial charge in [-0.05, 0) is 59.0 Å². The zero-order valence-corrected chi connectivity index (χ0v) is 16.4. The molecule has 0 fully saturated rings. The molecule has 0 bridgehead atoms. The molecule has 0 atom stereocenters. The van der Waals surface area contributed by atoms with Crippen LogP contribution in [0, 0.1) is 0 Å². The minimum Gasteiger partial charge on any atom is -0.406 e. The maximum absolute atomic E-state index is 12.4.